The predicted molar refractivity (Wildman–Crippen MR) is 126 cm³/mol. The van der Waals surface area contributed by atoms with Crippen molar-refractivity contribution in [2.45, 2.75) is 6.92 Å². The van der Waals surface area contributed by atoms with Crippen LogP contribution < -0.4 is 9.47 Å². The Morgan fingerprint density at radius 3 is 2.68 bits per heavy atom. The van der Waals surface area contributed by atoms with Gasteiger partial charge in [-0.15, -0.1) is 0 Å². The quantitative estimate of drug-likeness (QED) is 0.251. The highest BCUT2D eigenvalue weighted by atomic mass is 79.9. The van der Waals surface area contributed by atoms with E-state index in [0.717, 1.165) is 27.5 Å². The van der Waals surface area contributed by atoms with Crippen molar-refractivity contribution in [3.8, 4) is 11.5 Å². The molecule has 156 valence electrons. The Balaban J connectivity index is 1.66. The van der Waals surface area contributed by atoms with E-state index in [2.05, 4.69) is 27.5 Å². The Hall–Kier alpha value is -3.38. The maximum absolute atomic E-state index is 12.4. The molecule has 0 aliphatic carbocycles. The molecule has 0 atom stereocenters. The van der Waals surface area contributed by atoms with E-state index in [0.29, 0.717) is 22.6 Å². The zero-order valence-corrected chi connectivity index (χ0v) is 18.7. The largest absolute Gasteiger partial charge is 0.493 e. The van der Waals surface area contributed by atoms with Crippen molar-refractivity contribution < 1.29 is 19.0 Å². The lowest BCUT2D eigenvalue weighted by Crippen LogP contribution is -2.05. The van der Waals surface area contributed by atoms with Crippen molar-refractivity contribution in [3.05, 3.63) is 88.0 Å². The van der Waals surface area contributed by atoms with E-state index in [1.54, 1.807) is 19.3 Å². The van der Waals surface area contributed by atoms with Crippen LogP contribution in [0.15, 0.2) is 81.9 Å². The van der Waals surface area contributed by atoms with Crippen LogP contribution in [0.5, 0.6) is 11.5 Å². The van der Waals surface area contributed by atoms with Crippen LogP contribution in [0, 0.1) is 0 Å². The Morgan fingerprint density at radius 2 is 1.94 bits per heavy atom. The van der Waals surface area contributed by atoms with E-state index >= 15 is 0 Å². The second-order valence-electron chi connectivity index (χ2n) is 7.18. The second kappa shape index (κ2) is 8.78. The van der Waals surface area contributed by atoms with Gasteiger partial charge in [-0.25, -0.2) is 9.79 Å². The number of esters is 1. The summed E-state index contributed by atoms with van der Waals surface area (Å²) < 4.78 is 17.3. The highest BCUT2D eigenvalue weighted by Crippen LogP contribution is 2.37. The summed E-state index contributed by atoms with van der Waals surface area (Å²) in [4.78, 5) is 16.8. The van der Waals surface area contributed by atoms with Crippen LogP contribution in [0.2, 0.25) is 0 Å². The van der Waals surface area contributed by atoms with Gasteiger partial charge in [0.1, 0.15) is 6.61 Å². The first-order valence-corrected chi connectivity index (χ1v) is 10.4. The first-order valence-electron chi connectivity index (χ1n) is 9.61. The summed E-state index contributed by atoms with van der Waals surface area (Å²) in [5.41, 5.74) is 2.58. The fraction of sp³-hybridized carbons (Fsp3) is 0.120. The number of carbonyl (C=O) groups is 1. The van der Waals surface area contributed by atoms with Gasteiger partial charge >= 0.3 is 5.97 Å². The predicted octanol–water partition coefficient (Wildman–Crippen LogP) is 5.91. The molecular formula is C25H20BrNO4. The zero-order valence-electron chi connectivity index (χ0n) is 17.1. The number of hydrogen-bond acceptors (Lipinski definition) is 5. The summed E-state index contributed by atoms with van der Waals surface area (Å²) in [5.74, 6) is 0.893. The standard InChI is InChI=1S/C25H20BrNO4/c1-15(2)14-30-23-20(26)10-16(12-22(23)29-3)11-21-25(28)31-24(27-21)19-9-8-17-6-4-5-7-18(17)13-19/h4-13H,1,14H2,2-3H3/b21-11+. The molecule has 0 saturated carbocycles. The number of rotatable bonds is 6. The van der Waals surface area contributed by atoms with Gasteiger partial charge < -0.3 is 14.2 Å². The van der Waals surface area contributed by atoms with Crippen LogP contribution in [0.25, 0.3) is 16.8 Å². The number of carbonyl (C=O) groups excluding carboxylic acids is 1. The SMILES string of the molecule is C=C(C)COc1c(Br)cc(/C=C2/N=C(c3ccc4ccccc4c3)OC2=O)cc1OC. The Morgan fingerprint density at radius 1 is 1.16 bits per heavy atom. The molecule has 5 nitrogen and oxygen atoms in total. The van der Waals surface area contributed by atoms with Crippen LogP contribution >= 0.6 is 15.9 Å². The third-order valence-electron chi connectivity index (χ3n) is 4.63. The number of ether oxygens (including phenoxy) is 3. The maximum Gasteiger partial charge on any atom is 0.363 e. The lowest BCUT2D eigenvalue weighted by atomic mass is 10.1. The van der Waals surface area contributed by atoms with Gasteiger partial charge in [-0.3, -0.25) is 0 Å². The van der Waals surface area contributed by atoms with Gasteiger partial charge in [0, 0.05) is 5.56 Å². The molecule has 6 heteroatoms. The van der Waals surface area contributed by atoms with E-state index in [4.69, 9.17) is 14.2 Å². The monoisotopic (exact) mass is 477 g/mol. The summed E-state index contributed by atoms with van der Waals surface area (Å²) in [6.07, 6.45) is 1.66. The van der Waals surface area contributed by atoms with E-state index < -0.39 is 5.97 Å². The van der Waals surface area contributed by atoms with Crippen molar-refractivity contribution in [3.63, 3.8) is 0 Å². The lowest BCUT2D eigenvalue weighted by Gasteiger charge is -2.13. The summed E-state index contributed by atoms with van der Waals surface area (Å²) in [6, 6.07) is 17.4. The molecular weight excluding hydrogens is 458 g/mol. The molecule has 0 spiro atoms. The Labute approximate surface area is 188 Å². The highest BCUT2D eigenvalue weighted by Gasteiger charge is 2.24. The zero-order chi connectivity index (χ0) is 22.0. The van der Waals surface area contributed by atoms with Crippen LogP contribution in [0.1, 0.15) is 18.1 Å². The molecule has 1 heterocycles. The van der Waals surface area contributed by atoms with E-state index in [-0.39, 0.29) is 11.6 Å². The first kappa shape index (κ1) is 20.9. The Kier molecular flexibility index (Phi) is 5.91. The molecule has 0 bridgehead atoms. The smallest absolute Gasteiger partial charge is 0.363 e. The van der Waals surface area contributed by atoms with Crippen molar-refractivity contribution in [1.82, 2.24) is 0 Å². The van der Waals surface area contributed by atoms with Crippen molar-refractivity contribution in [2.75, 3.05) is 13.7 Å². The van der Waals surface area contributed by atoms with Gasteiger partial charge in [-0.05, 0) is 75.1 Å². The average Bonchev–Trinajstić information content (AvgIpc) is 3.12. The van der Waals surface area contributed by atoms with E-state index in [1.807, 2.05) is 55.5 Å². The van der Waals surface area contributed by atoms with Crippen LogP contribution in [-0.2, 0) is 9.53 Å². The molecule has 3 aromatic carbocycles. The van der Waals surface area contributed by atoms with Crippen LogP contribution in [0.4, 0.5) is 0 Å². The molecule has 1 aliphatic rings. The van der Waals surface area contributed by atoms with E-state index in [9.17, 15) is 4.79 Å². The minimum Gasteiger partial charge on any atom is -0.493 e. The summed E-state index contributed by atoms with van der Waals surface area (Å²) in [5, 5.41) is 2.16. The van der Waals surface area contributed by atoms with Crippen molar-refractivity contribution in [1.29, 1.82) is 0 Å². The van der Waals surface area contributed by atoms with Gasteiger partial charge in [0.15, 0.2) is 17.2 Å². The molecule has 31 heavy (non-hydrogen) atoms. The number of benzene rings is 3. The fourth-order valence-electron chi connectivity index (χ4n) is 3.17. The summed E-state index contributed by atoms with van der Waals surface area (Å²) >= 11 is 3.51. The maximum atomic E-state index is 12.4. The first-order chi connectivity index (χ1) is 14.9. The minimum absolute atomic E-state index is 0.215. The number of hydrogen-bond donors (Lipinski definition) is 0. The third-order valence-corrected chi connectivity index (χ3v) is 5.22. The highest BCUT2D eigenvalue weighted by molar-refractivity contribution is 9.10. The molecule has 3 aromatic rings. The number of fused-ring (bicyclic) bond motifs is 1. The summed E-state index contributed by atoms with van der Waals surface area (Å²) in [7, 11) is 1.56. The molecule has 0 fully saturated rings. The van der Waals surface area contributed by atoms with Gasteiger partial charge in [-0.2, -0.15) is 0 Å². The van der Waals surface area contributed by atoms with E-state index in [1.165, 1.54) is 0 Å². The molecule has 0 radical (unpaired) electrons. The number of nitrogens with zero attached hydrogens (tertiary/aromatic N) is 1. The third kappa shape index (κ3) is 4.54. The molecule has 0 N–H and O–H groups in total. The van der Waals surface area contributed by atoms with Crippen molar-refractivity contribution >= 4 is 44.6 Å². The van der Waals surface area contributed by atoms with Crippen LogP contribution in [0.3, 0.4) is 0 Å². The topological polar surface area (TPSA) is 57.1 Å². The normalized spacial score (nSPS) is 14.5. The van der Waals surface area contributed by atoms with Crippen LogP contribution in [-0.4, -0.2) is 25.6 Å². The molecule has 1 aliphatic heterocycles. The molecule has 0 aromatic heterocycles. The van der Waals surface area contributed by atoms with Gasteiger partial charge in [0.2, 0.25) is 5.90 Å². The number of halogens is 1. The minimum atomic E-state index is -0.499. The van der Waals surface area contributed by atoms with Gasteiger partial charge in [0.25, 0.3) is 0 Å². The number of methoxy groups -OCH3 is 1. The van der Waals surface area contributed by atoms with Gasteiger partial charge in [-0.1, -0.05) is 36.9 Å². The fourth-order valence-corrected chi connectivity index (χ4v) is 3.75. The average molecular weight is 478 g/mol. The van der Waals surface area contributed by atoms with Gasteiger partial charge in [0.05, 0.1) is 11.6 Å². The molecule has 0 amide bonds. The lowest BCUT2D eigenvalue weighted by molar-refractivity contribution is -0.129. The number of cyclic esters (lactones) is 1. The van der Waals surface area contributed by atoms with Crippen molar-refractivity contribution in [2.24, 2.45) is 4.99 Å². The number of aliphatic imine (C=N–C) groups is 1. The molecule has 0 unspecified atom stereocenters. The summed E-state index contributed by atoms with van der Waals surface area (Å²) in [6.45, 7) is 6.10. The molecule has 4 rings (SSSR count). The second-order valence-corrected chi connectivity index (χ2v) is 8.03. The molecule has 0 saturated heterocycles. The Bertz CT molecular complexity index is 1260.